The molecule has 1 aliphatic rings. The van der Waals surface area contributed by atoms with Gasteiger partial charge in [-0.15, -0.1) is 12.4 Å². The largest absolute Gasteiger partial charge is 0.317 e. The van der Waals surface area contributed by atoms with Crippen LogP contribution in [0.25, 0.3) is 0 Å². The first kappa shape index (κ1) is 15.2. The second-order valence-electron chi connectivity index (χ2n) is 3.91. The second kappa shape index (κ2) is 6.68. The molecular weight excluding hydrogens is 236 g/mol. The molecule has 1 saturated heterocycles. The van der Waals surface area contributed by atoms with Gasteiger partial charge in [-0.25, -0.2) is 12.7 Å². The highest BCUT2D eigenvalue weighted by Gasteiger charge is 2.24. The minimum absolute atomic E-state index is 0. The third kappa shape index (κ3) is 5.15. The van der Waals surface area contributed by atoms with Crippen LogP contribution in [0, 0.1) is 5.92 Å². The minimum atomic E-state index is -2.96. The highest BCUT2D eigenvalue weighted by molar-refractivity contribution is 7.88. The minimum Gasteiger partial charge on any atom is -0.317 e. The molecule has 1 N–H and O–H groups in total. The lowest BCUT2D eigenvalue weighted by Gasteiger charge is -2.30. The van der Waals surface area contributed by atoms with E-state index < -0.39 is 10.0 Å². The van der Waals surface area contributed by atoms with E-state index in [1.807, 2.05) is 0 Å². The van der Waals surface area contributed by atoms with Crippen LogP contribution in [0.4, 0.5) is 0 Å². The summed E-state index contributed by atoms with van der Waals surface area (Å²) in [4.78, 5) is 0. The van der Waals surface area contributed by atoms with Crippen LogP contribution in [0.3, 0.4) is 0 Å². The molecule has 0 aromatic carbocycles. The summed E-state index contributed by atoms with van der Waals surface area (Å²) in [6, 6.07) is 0. The monoisotopic (exact) mass is 256 g/mol. The zero-order valence-corrected chi connectivity index (χ0v) is 11.0. The number of rotatable bonds is 4. The number of piperidine rings is 1. The molecule has 0 aromatic rings. The fourth-order valence-corrected chi connectivity index (χ4v) is 2.67. The standard InChI is InChI=1S/C9H20N2O2S.ClH/c1-3-10-8-9-4-6-11(7-5-9)14(2,12)13;/h9-10H,3-8H2,1-2H3;1H. The van der Waals surface area contributed by atoms with Gasteiger partial charge < -0.3 is 5.32 Å². The predicted molar refractivity (Wildman–Crippen MR) is 64.9 cm³/mol. The Labute approximate surface area is 98.9 Å². The number of sulfonamides is 1. The van der Waals surface area contributed by atoms with Gasteiger partial charge in [-0.1, -0.05) is 6.92 Å². The molecule has 4 nitrogen and oxygen atoms in total. The quantitative estimate of drug-likeness (QED) is 0.805. The summed E-state index contributed by atoms with van der Waals surface area (Å²) in [7, 11) is -2.96. The Hall–Kier alpha value is 0.160. The summed E-state index contributed by atoms with van der Waals surface area (Å²) in [5.74, 6) is 0.646. The van der Waals surface area contributed by atoms with Crippen LogP contribution in [0.1, 0.15) is 19.8 Å². The van der Waals surface area contributed by atoms with Crippen molar-refractivity contribution in [2.75, 3.05) is 32.4 Å². The summed E-state index contributed by atoms with van der Waals surface area (Å²) in [5, 5.41) is 3.30. The van der Waals surface area contributed by atoms with E-state index >= 15 is 0 Å². The molecule has 1 fully saturated rings. The van der Waals surface area contributed by atoms with Crippen molar-refractivity contribution >= 4 is 22.4 Å². The van der Waals surface area contributed by atoms with Gasteiger partial charge >= 0.3 is 0 Å². The smallest absolute Gasteiger partial charge is 0.211 e. The maximum Gasteiger partial charge on any atom is 0.211 e. The van der Waals surface area contributed by atoms with Crippen molar-refractivity contribution in [1.29, 1.82) is 0 Å². The SMILES string of the molecule is CCNCC1CCN(S(C)(=O)=O)CC1.Cl. The molecular formula is C9H21ClN2O2S. The molecule has 0 aliphatic carbocycles. The number of hydrogen-bond acceptors (Lipinski definition) is 3. The summed E-state index contributed by atoms with van der Waals surface area (Å²) < 4.78 is 24.0. The molecule has 0 aromatic heterocycles. The molecule has 0 amide bonds. The van der Waals surface area contributed by atoms with Gasteiger partial charge in [-0.05, 0) is 31.8 Å². The van der Waals surface area contributed by atoms with Crippen LogP contribution in [0.5, 0.6) is 0 Å². The molecule has 1 rings (SSSR count). The Morgan fingerprint density at radius 1 is 1.33 bits per heavy atom. The van der Waals surface area contributed by atoms with Crippen LogP contribution in [-0.2, 0) is 10.0 Å². The molecule has 15 heavy (non-hydrogen) atoms. The first-order valence-corrected chi connectivity index (χ1v) is 7.04. The van der Waals surface area contributed by atoms with Gasteiger partial charge in [0.15, 0.2) is 0 Å². The highest BCUT2D eigenvalue weighted by atomic mass is 35.5. The summed E-state index contributed by atoms with van der Waals surface area (Å²) >= 11 is 0. The van der Waals surface area contributed by atoms with E-state index in [2.05, 4.69) is 12.2 Å². The van der Waals surface area contributed by atoms with E-state index in [1.165, 1.54) is 6.26 Å². The van der Waals surface area contributed by atoms with Gasteiger partial charge in [-0.2, -0.15) is 0 Å². The third-order valence-corrected chi connectivity index (χ3v) is 4.03. The lowest BCUT2D eigenvalue weighted by molar-refractivity contribution is 0.269. The Morgan fingerprint density at radius 3 is 2.27 bits per heavy atom. The average molecular weight is 257 g/mol. The zero-order valence-electron chi connectivity index (χ0n) is 9.40. The average Bonchev–Trinajstić information content (AvgIpc) is 2.14. The normalized spacial score (nSPS) is 19.9. The molecule has 0 unspecified atom stereocenters. The Balaban J connectivity index is 0.00000196. The number of nitrogens with zero attached hydrogens (tertiary/aromatic N) is 1. The van der Waals surface area contributed by atoms with Crippen molar-refractivity contribution in [3.05, 3.63) is 0 Å². The van der Waals surface area contributed by atoms with Crippen LogP contribution in [0.15, 0.2) is 0 Å². The van der Waals surface area contributed by atoms with Crippen molar-refractivity contribution in [2.45, 2.75) is 19.8 Å². The van der Waals surface area contributed by atoms with Crippen molar-refractivity contribution in [3.8, 4) is 0 Å². The van der Waals surface area contributed by atoms with Crippen molar-refractivity contribution in [1.82, 2.24) is 9.62 Å². The van der Waals surface area contributed by atoms with Gasteiger partial charge in [0.1, 0.15) is 0 Å². The first-order chi connectivity index (χ1) is 6.54. The van der Waals surface area contributed by atoms with E-state index in [1.54, 1.807) is 4.31 Å². The first-order valence-electron chi connectivity index (χ1n) is 5.20. The number of halogens is 1. The lowest BCUT2D eigenvalue weighted by Crippen LogP contribution is -2.40. The highest BCUT2D eigenvalue weighted by Crippen LogP contribution is 2.18. The van der Waals surface area contributed by atoms with Crippen LogP contribution < -0.4 is 5.32 Å². The molecule has 6 heteroatoms. The van der Waals surface area contributed by atoms with Crippen LogP contribution in [0.2, 0.25) is 0 Å². The maximum absolute atomic E-state index is 11.2. The molecule has 92 valence electrons. The van der Waals surface area contributed by atoms with Crippen LogP contribution >= 0.6 is 12.4 Å². The van der Waals surface area contributed by atoms with E-state index in [0.29, 0.717) is 19.0 Å². The molecule has 0 radical (unpaired) electrons. The predicted octanol–water partition coefficient (Wildman–Crippen LogP) is 0.689. The Morgan fingerprint density at radius 2 is 1.87 bits per heavy atom. The van der Waals surface area contributed by atoms with Gasteiger partial charge in [0, 0.05) is 13.1 Å². The van der Waals surface area contributed by atoms with E-state index in [0.717, 1.165) is 25.9 Å². The molecule has 0 spiro atoms. The van der Waals surface area contributed by atoms with Crippen molar-refractivity contribution in [2.24, 2.45) is 5.92 Å². The molecule has 1 heterocycles. The van der Waals surface area contributed by atoms with Gasteiger partial charge in [0.25, 0.3) is 0 Å². The van der Waals surface area contributed by atoms with Gasteiger partial charge in [-0.3, -0.25) is 0 Å². The van der Waals surface area contributed by atoms with E-state index in [-0.39, 0.29) is 12.4 Å². The second-order valence-corrected chi connectivity index (χ2v) is 5.90. The fraction of sp³-hybridized carbons (Fsp3) is 1.00. The lowest BCUT2D eigenvalue weighted by atomic mass is 9.98. The van der Waals surface area contributed by atoms with Crippen LogP contribution in [-0.4, -0.2) is 45.2 Å². The van der Waals surface area contributed by atoms with Crippen molar-refractivity contribution in [3.63, 3.8) is 0 Å². The molecule has 0 bridgehead atoms. The fourth-order valence-electron chi connectivity index (χ4n) is 1.79. The third-order valence-electron chi connectivity index (χ3n) is 2.73. The molecule has 1 aliphatic heterocycles. The summed E-state index contributed by atoms with van der Waals surface area (Å²) in [6.45, 7) is 5.48. The zero-order chi connectivity index (χ0) is 10.6. The maximum atomic E-state index is 11.2. The topological polar surface area (TPSA) is 49.4 Å². The van der Waals surface area contributed by atoms with Crippen molar-refractivity contribution < 1.29 is 8.42 Å². The molecule has 0 atom stereocenters. The summed E-state index contributed by atoms with van der Waals surface area (Å²) in [6.07, 6.45) is 3.26. The van der Waals surface area contributed by atoms with Gasteiger partial charge in [0.05, 0.1) is 6.26 Å². The van der Waals surface area contributed by atoms with E-state index in [9.17, 15) is 8.42 Å². The number of nitrogens with one attached hydrogen (secondary N) is 1. The Bertz CT molecular complexity index is 261. The molecule has 0 saturated carbocycles. The number of hydrogen-bond donors (Lipinski definition) is 1. The summed E-state index contributed by atoms with van der Waals surface area (Å²) in [5.41, 5.74) is 0. The van der Waals surface area contributed by atoms with Gasteiger partial charge in [0.2, 0.25) is 10.0 Å². The Kier molecular flexibility index (Phi) is 6.75. The van der Waals surface area contributed by atoms with E-state index in [4.69, 9.17) is 0 Å².